The van der Waals surface area contributed by atoms with Crippen molar-refractivity contribution in [1.82, 2.24) is 0 Å². The molecule has 0 aromatic carbocycles. The minimum atomic E-state index is -4.44. The maximum Gasteiger partial charge on any atom is 0.362 e. The van der Waals surface area contributed by atoms with Gasteiger partial charge in [0.1, 0.15) is 0 Å². The summed E-state index contributed by atoms with van der Waals surface area (Å²) < 4.78 is 48.0. The Morgan fingerprint density at radius 1 is 1.09 bits per heavy atom. The van der Waals surface area contributed by atoms with E-state index in [1.54, 1.807) is 0 Å². The van der Waals surface area contributed by atoms with Crippen LogP contribution in [0.25, 0.3) is 0 Å². The van der Waals surface area contributed by atoms with Gasteiger partial charge in [-0.3, -0.25) is 5.73 Å². The minimum Gasteiger partial charge on any atom is -0.330 e. The van der Waals surface area contributed by atoms with Gasteiger partial charge in [0.2, 0.25) is 0 Å². The first-order valence-electron chi connectivity index (χ1n) is 3.06. The molecule has 0 aromatic rings. The zero-order chi connectivity index (χ0) is 9.12. The van der Waals surface area contributed by atoms with E-state index < -0.39 is 18.4 Å². The molecule has 0 radical (unpaired) electrons. The lowest BCUT2D eigenvalue weighted by Crippen LogP contribution is -2.48. The van der Waals surface area contributed by atoms with Crippen molar-refractivity contribution in [1.29, 1.82) is 0 Å². The average Bonchev–Trinajstić information content (AvgIpc) is 1.81. The highest BCUT2D eigenvalue weighted by atomic mass is 19.3. The van der Waals surface area contributed by atoms with Crippen molar-refractivity contribution in [2.75, 3.05) is 6.54 Å². The largest absolute Gasteiger partial charge is 0.362 e. The second-order valence-electron chi connectivity index (χ2n) is 2.22. The second kappa shape index (κ2) is 3.36. The van der Waals surface area contributed by atoms with Gasteiger partial charge in [-0.15, -0.1) is 0 Å². The minimum absolute atomic E-state index is 0.0499. The number of halogens is 4. The van der Waals surface area contributed by atoms with Crippen LogP contribution in [-0.2, 0) is 0 Å². The van der Waals surface area contributed by atoms with Crippen molar-refractivity contribution < 1.29 is 17.6 Å². The fraction of sp³-hybridized carbons (Fsp3) is 1.00. The third kappa shape index (κ3) is 3.02. The molecular weight excluding hydrogens is 164 g/mol. The van der Waals surface area contributed by atoms with E-state index in [2.05, 4.69) is 5.73 Å². The van der Waals surface area contributed by atoms with Gasteiger partial charge in [-0.25, -0.2) is 0 Å². The van der Waals surface area contributed by atoms with E-state index in [4.69, 9.17) is 5.73 Å². The van der Waals surface area contributed by atoms with E-state index in [1.807, 2.05) is 0 Å². The fourth-order valence-electron chi connectivity index (χ4n) is 0.491. The first-order valence-corrected chi connectivity index (χ1v) is 3.06. The summed E-state index contributed by atoms with van der Waals surface area (Å²) in [5.74, 6) is -4.15. The molecule has 0 aliphatic carbocycles. The van der Waals surface area contributed by atoms with Crippen LogP contribution in [0, 0.1) is 0 Å². The second-order valence-corrected chi connectivity index (χ2v) is 2.22. The summed E-state index contributed by atoms with van der Waals surface area (Å²) in [6.07, 6.45) is -1.15. The van der Waals surface area contributed by atoms with E-state index in [0.717, 1.165) is 0 Å². The highest BCUT2D eigenvalue weighted by molar-refractivity contribution is 4.78. The van der Waals surface area contributed by atoms with Gasteiger partial charge in [0.05, 0.1) is 0 Å². The number of nitrogens with two attached hydrogens (primary N) is 2. The Labute approximate surface area is 61.5 Å². The summed E-state index contributed by atoms with van der Waals surface area (Å²) in [4.78, 5) is 0. The van der Waals surface area contributed by atoms with Crippen molar-refractivity contribution in [2.24, 2.45) is 11.5 Å². The third-order valence-electron chi connectivity index (χ3n) is 1.18. The zero-order valence-electron chi connectivity index (χ0n) is 5.79. The van der Waals surface area contributed by atoms with Crippen LogP contribution in [0.3, 0.4) is 0 Å². The topological polar surface area (TPSA) is 52.0 Å². The average molecular weight is 174 g/mol. The summed E-state index contributed by atoms with van der Waals surface area (Å²) in [6.45, 7) is -0.0499. The Balaban J connectivity index is 4.00. The van der Waals surface area contributed by atoms with E-state index in [-0.39, 0.29) is 13.0 Å². The molecule has 0 aromatic heterocycles. The number of alkyl halides is 4. The lowest BCUT2D eigenvalue weighted by Gasteiger charge is -2.21. The maximum absolute atomic E-state index is 12.2. The lowest BCUT2D eigenvalue weighted by molar-refractivity contribution is -0.208. The first kappa shape index (κ1) is 10.6. The highest BCUT2D eigenvalue weighted by Gasteiger charge is 2.52. The molecule has 2 nitrogen and oxygen atoms in total. The van der Waals surface area contributed by atoms with Gasteiger partial charge in [-0.05, 0) is 13.0 Å². The van der Waals surface area contributed by atoms with Crippen LogP contribution in [-0.4, -0.2) is 18.5 Å². The molecular formula is C5H10F4N2. The molecule has 0 saturated heterocycles. The van der Waals surface area contributed by atoms with Crippen molar-refractivity contribution in [3.05, 3.63) is 0 Å². The summed E-state index contributed by atoms with van der Waals surface area (Å²) >= 11 is 0. The summed E-state index contributed by atoms with van der Waals surface area (Å²) in [7, 11) is 0. The quantitative estimate of drug-likeness (QED) is 0.491. The lowest BCUT2D eigenvalue weighted by atomic mass is 10.1. The van der Waals surface area contributed by atoms with Gasteiger partial charge >= 0.3 is 12.0 Å². The van der Waals surface area contributed by atoms with Crippen LogP contribution in [0.2, 0.25) is 0 Å². The molecule has 0 aliphatic rings. The monoisotopic (exact) mass is 174 g/mol. The molecule has 0 atom stereocenters. The Hall–Kier alpha value is -0.360. The van der Waals surface area contributed by atoms with E-state index in [9.17, 15) is 17.6 Å². The molecule has 0 heterocycles. The van der Waals surface area contributed by atoms with Crippen LogP contribution in [0.4, 0.5) is 17.6 Å². The van der Waals surface area contributed by atoms with Crippen LogP contribution >= 0.6 is 0 Å². The van der Waals surface area contributed by atoms with Crippen molar-refractivity contribution in [3.63, 3.8) is 0 Å². The molecule has 6 heteroatoms. The van der Waals surface area contributed by atoms with Gasteiger partial charge < -0.3 is 5.73 Å². The molecule has 0 amide bonds. The normalized spacial score (nSPS) is 13.6. The molecule has 0 unspecified atom stereocenters. The Kier molecular flexibility index (Phi) is 3.25. The molecule has 0 aliphatic heterocycles. The fourth-order valence-corrected chi connectivity index (χ4v) is 0.491. The standard InChI is InChI=1S/C5H10F4N2/c6-4(7,2-1-3-10)5(8,9)11/h1-3,10-11H2. The van der Waals surface area contributed by atoms with Crippen LogP contribution in [0.5, 0.6) is 0 Å². The van der Waals surface area contributed by atoms with Crippen LogP contribution in [0.15, 0.2) is 0 Å². The number of hydrogen-bond acceptors (Lipinski definition) is 2. The smallest absolute Gasteiger partial charge is 0.330 e. The van der Waals surface area contributed by atoms with Crippen molar-refractivity contribution >= 4 is 0 Å². The molecule has 11 heavy (non-hydrogen) atoms. The Morgan fingerprint density at radius 2 is 1.55 bits per heavy atom. The number of hydrogen-bond donors (Lipinski definition) is 2. The van der Waals surface area contributed by atoms with Gasteiger partial charge in [0.15, 0.2) is 0 Å². The van der Waals surface area contributed by atoms with Gasteiger partial charge in [0, 0.05) is 6.42 Å². The molecule has 0 saturated carbocycles. The Morgan fingerprint density at radius 3 is 1.82 bits per heavy atom. The van der Waals surface area contributed by atoms with Gasteiger partial charge in [0.25, 0.3) is 0 Å². The maximum atomic E-state index is 12.2. The third-order valence-corrected chi connectivity index (χ3v) is 1.18. The number of rotatable bonds is 4. The molecule has 0 rings (SSSR count). The van der Waals surface area contributed by atoms with Gasteiger partial charge in [-0.1, -0.05) is 0 Å². The van der Waals surface area contributed by atoms with Crippen molar-refractivity contribution in [2.45, 2.75) is 24.8 Å². The van der Waals surface area contributed by atoms with Crippen LogP contribution in [0.1, 0.15) is 12.8 Å². The summed E-state index contributed by atoms with van der Waals surface area (Å²) in [6, 6.07) is -4.44. The molecule has 0 spiro atoms. The van der Waals surface area contributed by atoms with Crippen molar-refractivity contribution in [3.8, 4) is 0 Å². The molecule has 0 fully saturated rings. The summed E-state index contributed by atoms with van der Waals surface area (Å²) in [5, 5.41) is 0. The predicted octanol–water partition coefficient (Wildman–Crippen LogP) is 0.912. The molecule has 4 N–H and O–H groups in total. The SMILES string of the molecule is NCCCC(F)(F)C(N)(F)F. The van der Waals surface area contributed by atoms with E-state index in [0.29, 0.717) is 0 Å². The predicted molar refractivity (Wildman–Crippen MR) is 32.4 cm³/mol. The van der Waals surface area contributed by atoms with Crippen LogP contribution < -0.4 is 11.5 Å². The molecule has 0 bridgehead atoms. The van der Waals surface area contributed by atoms with E-state index >= 15 is 0 Å². The zero-order valence-corrected chi connectivity index (χ0v) is 5.79. The Bertz CT molecular complexity index is 120. The summed E-state index contributed by atoms with van der Waals surface area (Å²) in [5.41, 5.74) is 8.79. The first-order chi connectivity index (χ1) is 4.81. The molecule has 68 valence electrons. The van der Waals surface area contributed by atoms with E-state index in [1.165, 1.54) is 0 Å². The van der Waals surface area contributed by atoms with Gasteiger partial charge in [-0.2, -0.15) is 17.6 Å². The highest BCUT2D eigenvalue weighted by Crippen LogP contribution is 2.33.